The number of carboxylic acid groups (broad SMARTS) is 1. The van der Waals surface area contributed by atoms with Crippen LogP contribution in [0.15, 0.2) is 10.6 Å². The number of β-lactam (4-membered cyclic amide) rings is 1. The van der Waals surface area contributed by atoms with Crippen molar-refractivity contribution >= 4 is 29.5 Å². The maximum atomic E-state index is 12.4. The number of carboxylic acids is 1. The van der Waals surface area contributed by atoms with Crippen LogP contribution in [0.3, 0.4) is 0 Å². The number of aliphatic hydroxyl groups excluding tert-OH is 1. The molecule has 0 spiro atoms. The lowest BCUT2D eigenvalue weighted by Crippen LogP contribution is -2.63. The molecule has 160 valence electrons. The first-order chi connectivity index (χ1) is 13.8. The molecule has 3 fully saturated rings. The molecule has 0 unspecified atom stereocenters. The number of aliphatic hydroxyl groups is 1. The van der Waals surface area contributed by atoms with E-state index in [2.05, 4.69) is 10.6 Å². The van der Waals surface area contributed by atoms with Crippen molar-refractivity contribution in [2.24, 2.45) is 11.8 Å². The van der Waals surface area contributed by atoms with E-state index >= 15 is 0 Å². The van der Waals surface area contributed by atoms with E-state index < -0.39 is 18.0 Å². The van der Waals surface area contributed by atoms with Crippen molar-refractivity contribution in [3.8, 4) is 0 Å². The van der Waals surface area contributed by atoms with Crippen LogP contribution in [-0.2, 0) is 14.4 Å². The van der Waals surface area contributed by atoms with E-state index in [-0.39, 0.29) is 40.8 Å². The Morgan fingerprint density at radius 2 is 2.14 bits per heavy atom. The fraction of sp³-hybridized carbons (Fsp3) is 0.737. The average Bonchev–Trinajstić information content (AvgIpc) is 3.19. The molecule has 4 aliphatic rings. The van der Waals surface area contributed by atoms with Crippen molar-refractivity contribution in [2.45, 2.75) is 43.7 Å². The van der Waals surface area contributed by atoms with E-state index in [4.69, 9.17) is 0 Å². The Hall–Kier alpha value is -1.62. The molecule has 0 aliphatic carbocycles. The zero-order chi connectivity index (χ0) is 20.9. The maximum absolute atomic E-state index is 12.4. The second-order valence-corrected chi connectivity index (χ2v) is 9.71. The third-order valence-electron chi connectivity index (χ3n) is 6.41. The van der Waals surface area contributed by atoms with Crippen LogP contribution in [0.25, 0.3) is 0 Å². The molecule has 0 aromatic rings. The quantitative estimate of drug-likeness (QED) is 0.402. The smallest absolute Gasteiger partial charge is 0.353 e. The highest BCUT2D eigenvalue weighted by Crippen LogP contribution is 2.51. The lowest BCUT2D eigenvalue weighted by molar-refractivity contribution is -0.163. The third kappa shape index (κ3) is 3.56. The number of piperazine rings is 1. The zero-order valence-corrected chi connectivity index (χ0v) is 17.4. The van der Waals surface area contributed by atoms with Crippen LogP contribution < -0.4 is 10.6 Å². The monoisotopic (exact) mass is 424 g/mol. The number of carbonyl (C=O) groups is 3. The summed E-state index contributed by atoms with van der Waals surface area (Å²) in [7, 11) is 0. The molecular formula is C19H28N4O5S. The fourth-order valence-corrected chi connectivity index (χ4v) is 6.49. The van der Waals surface area contributed by atoms with E-state index in [1.165, 1.54) is 16.7 Å². The number of amides is 2. The highest BCUT2D eigenvalue weighted by Gasteiger charge is 2.60. The van der Waals surface area contributed by atoms with Gasteiger partial charge in [-0.2, -0.15) is 0 Å². The Kier molecular flexibility index (Phi) is 5.62. The molecule has 4 N–H and O–H groups in total. The largest absolute Gasteiger partial charge is 0.477 e. The maximum Gasteiger partial charge on any atom is 0.353 e. The van der Waals surface area contributed by atoms with Crippen molar-refractivity contribution in [3.05, 3.63) is 10.6 Å². The minimum absolute atomic E-state index is 0.0788. The third-order valence-corrected chi connectivity index (χ3v) is 7.93. The van der Waals surface area contributed by atoms with Gasteiger partial charge in [0.05, 0.1) is 24.6 Å². The first-order valence-electron chi connectivity index (χ1n) is 10.2. The van der Waals surface area contributed by atoms with E-state index in [0.717, 1.165) is 24.4 Å². The number of hydrogen-bond donors (Lipinski definition) is 4. The topological polar surface area (TPSA) is 122 Å². The van der Waals surface area contributed by atoms with Gasteiger partial charge in [-0.15, -0.1) is 11.8 Å². The summed E-state index contributed by atoms with van der Waals surface area (Å²) in [6.07, 6.45) is 0.0448. The molecule has 4 rings (SSSR count). The number of carbonyl (C=O) groups excluding carboxylic acids is 2. The van der Waals surface area contributed by atoms with E-state index in [1.54, 1.807) is 6.92 Å². The first kappa shape index (κ1) is 20.6. The zero-order valence-electron chi connectivity index (χ0n) is 16.6. The van der Waals surface area contributed by atoms with Gasteiger partial charge in [0.1, 0.15) is 5.70 Å². The molecule has 0 radical (unpaired) electrons. The molecule has 9 nitrogen and oxygen atoms in total. The average molecular weight is 425 g/mol. The van der Waals surface area contributed by atoms with Gasteiger partial charge in [0.25, 0.3) is 0 Å². The molecule has 0 saturated carbocycles. The van der Waals surface area contributed by atoms with Crippen LogP contribution in [0.1, 0.15) is 20.3 Å². The Morgan fingerprint density at radius 3 is 2.79 bits per heavy atom. The fourth-order valence-electron chi connectivity index (χ4n) is 4.97. The molecule has 0 bridgehead atoms. The second-order valence-electron chi connectivity index (χ2n) is 8.37. The van der Waals surface area contributed by atoms with E-state index in [1.807, 2.05) is 11.8 Å². The Balaban J connectivity index is 1.43. The number of nitrogens with one attached hydrogen (secondary N) is 2. The van der Waals surface area contributed by atoms with Crippen molar-refractivity contribution in [3.63, 3.8) is 0 Å². The summed E-state index contributed by atoms with van der Waals surface area (Å²) in [5, 5.41) is 26.4. The first-order valence-corrected chi connectivity index (χ1v) is 11.0. The van der Waals surface area contributed by atoms with Gasteiger partial charge in [-0.3, -0.25) is 9.59 Å². The van der Waals surface area contributed by atoms with Crippen molar-refractivity contribution < 1.29 is 24.6 Å². The lowest BCUT2D eigenvalue weighted by atomic mass is 9.79. The minimum atomic E-state index is -1.09. The van der Waals surface area contributed by atoms with Crippen LogP contribution in [0.5, 0.6) is 0 Å². The lowest BCUT2D eigenvalue weighted by Gasteiger charge is -2.46. The molecular weight excluding hydrogens is 396 g/mol. The minimum Gasteiger partial charge on any atom is -0.477 e. The Labute approximate surface area is 173 Å². The molecule has 4 heterocycles. The van der Waals surface area contributed by atoms with Crippen LogP contribution in [-0.4, -0.2) is 94.0 Å². The van der Waals surface area contributed by atoms with E-state index in [0.29, 0.717) is 19.6 Å². The number of aliphatic carboxylic acids is 1. The number of thioether (sulfide) groups is 1. The SMILES string of the molecule is C[C@@H](O)[C@H]1C(=O)N2C(C(=O)O)=C(S[C@@H]3CN[C@H](CN4CCNCC4=O)C3)[C@H](C)[C@H]12. The van der Waals surface area contributed by atoms with Gasteiger partial charge in [0.15, 0.2) is 0 Å². The van der Waals surface area contributed by atoms with Crippen LogP contribution in [0.4, 0.5) is 0 Å². The van der Waals surface area contributed by atoms with Gasteiger partial charge in [-0.25, -0.2) is 4.79 Å². The van der Waals surface area contributed by atoms with Crippen LogP contribution in [0, 0.1) is 11.8 Å². The number of hydrogen-bond acceptors (Lipinski definition) is 7. The van der Waals surface area contributed by atoms with Gasteiger partial charge in [0, 0.05) is 48.3 Å². The summed E-state index contributed by atoms with van der Waals surface area (Å²) >= 11 is 1.53. The normalized spacial score (nSPS) is 35.8. The molecule has 29 heavy (non-hydrogen) atoms. The highest BCUT2D eigenvalue weighted by molar-refractivity contribution is 8.03. The summed E-state index contributed by atoms with van der Waals surface area (Å²) in [6, 6.07) is -0.0938. The van der Waals surface area contributed by atoms with Crippen molar-refractivity contribution in [1.29, 1.82) is 0 Å². The Morgan fingerprint density at radius 1 is 1.38 bits per heavy atom. The van der Waals surface area contributed by atoms with Gasteiger partial charge in [-0.05, 0) is 13.3 Å². The predicted molar refractivity (Wildman–Crippen MR) is 107 cm³/mol. The summed E-state index contributed by atoms with van der Waals surface area (Å²) in [5.74, 6) is -1.93. The van der Waals surface area contributed by atoms with Gasteiger partial charge in [0.2, 0.25) is 11.8 Å². The van der Waals surface area contributed by atoms with Gasteiger partial charge in [-0.1, -0.05) is 6.92 Å². The van der Waals surface area contributed by atoms with Crippen molar-refractivity contribution in [1.82, 2.24) is 20.4 Å². The number of fused-ring (bicyclic) bond motifs is 1. The van der Waals surface area contributed by atoms with Gasteiger partial charge < -0.3 is 30.6 Å². The summed E-state index contributed by atoms with van der Waals surface area (Å²) in [4.78, 5) is 40.3. The number of nitrogens with zero attached hydrogens (tertiary/aromatic N) is 2. The molecule has 0 aromatic heterocycles. The highest BCUT2D eigenvalue weighted by atomic mass is 32.2. The standard InChI is InChI=1S/C19H28N4O5S/c1-9-15-14(10(2)24)18(26)23(15)16(19(27)28)17(9)29-12-5-11(21-6-12)8-22-4-3-20-7-13(22)25/h9-12,14-15,20-21,24H,3-8H2,1-2H3,(H,27,28)/t9-,10-,11+,12+,14-,15-/m1/s1. The van der Waals surface area contributed by atoms with Crippen molar-refractivity contribution in [2.75, 3.05) is 32.7 Å². The Bertz CT molecular complexity index is 757. The molecule has 3 saturated heterocycles. The van der Waals surface area contributed by atoms with Gasteiger partial charge >= 0.3 is 5.97 Å². The van der Waals surface area contributed by atoms with E-state index in [9.17, 15) is 24.6 Å². The molecule has 4 aliphatic heterocycles. The summed E-state index contributed by atoms with van der Waals surface area (Å²) in [5.41, 5.74) is 0.0788. The molecule has 0 aromatic carbocycles. The van der Waals surface area contributed by atoms with Crippen LogP contribution in [0.2, 0.25) is 0 Å². The second kappa shape index (κ2) is 7.90. The van der Waals surface area contributed by atoms with Crippen LogP contribution >= 0.6 is 11.8 Å². The molecule has 2 amide bonds. The molecule has 10 heteroatoms. The predicted octanol–water partition coefficient (Wildman–Crippen LogP) is -0.964. The summed E-state index contributed by atoms with van der Waals surface area (Å²) in [6.45, 7) is 6.82. The molecule has 6 atom stereocenters. The number of rotatable bonds is 6. The summed E-state index contributed by atoms with van der Waals surface area (Å²) < 4.78 is 0.